The van der Waals surface area contributed by atoms with Gasteiger partial charge < -0.3 is 9.84 Å². The molecule has 0 fully saturated rings. The molecule has 0 heterocycles. The highest BCUT2D eigenvalue weighted by molar-refractivity contribution is 9.10. The fraction of sp³-hybridized carbons (Fsp3) is 0.0588. The van der Waals surface area contributed by atoms with Crippen molar-refractivity contribution < 1.29 is 14.6 Å². The van der Waals surface area contributed by atoms with Gasteiger partial charge in [0.05, 0.1) is 16.1 Å². The lowest BCUT2D eigenvalue weighted by Gasteiger charge is -2.10. The molecule has 0 spiro atoms. The summed E-state index contributed by atoms with van der Waals surface area (Å²) in [7, 11) is 0. The Labute approximate surface area is 136 Å². The van der Waals surface area contributed by atoms with E-state index in [2.05, 4.69) is 22.0 Å². The number of hydrogen-bond donors (Lipinski definition) is 1. The topological polar surface area (TPSA) is 70.3 Å². The molecule has 0 aliphatic heterocycles. The molecule has 0 aliphatic rings. The number of carboxylic acids is 1. The number of nitrogens with zero attached hydrogens (tertiary/aromatic N) is 1. The van der Waals surface area contributed by atoms with Crippen LogP contribution in [0.5, 0.6) is 5.75 Å². The highest BCUT2D eigenvalue weighted by Crippen LogP contribution is 2.27. The average Bonchev–Trinajstić information content (AvgIpc) is 2.52. The van der Waals surface area contributed by atoms with Crippen LogP contribution in [0.1, 0.15) is 16.7 Å². The molecule has 2 aromatic rings. The minimum atomic E-state index is -0.996. The van der Waals surface area contributed by atoms with Crippen LogP contribution in [0.25, 0.3) is 6.08 Å². The molecule has 2 aromatic carbocycles. The van der Waals surface area contributed by atoms with Crippen LogP contribution in [0.3, 0.4) is 0 Å². The molecule has 1 N–H and O–H groups in total. The molecule has 4 nitrogen and oxygen atoms in total. The Kier molecular flexibility index (Phi) is 5.34. The summed E-state index contributed by atoms with van der Waals surface area (Å²) in [6.45, 7) is 0.284. The zero-order valence-electron chi connectivity index (χ0n) is 11.5. The number of nitriles is 1. The largest absolute Gasteiger partial charge is 0.488 e. The van der Waals surface area contributed by atoms with Gasteiger partial charge in [0.15, 0.2) is 0 Å². The van der Waals surface area contributed by atoms with Crippen molar-refractivity contribution in [3.8, 4) is 11.8 Å². The van der Waals surface area contributed by atoms with Gasteiger partial charge in [-0.2, -0.15) is 5.26 Å². The Bertz CT molecular complexity index is 763. The molecule has 22 heavy (non-hydrogen) atoms. The second-order valence-electron chi connectivity index (χ2n) is 4.42. The molecule has 0 amide bonds. The number of carboxylic acid groups (broad SMARTS) is 1. The first-order valence-electron chi connectivity index (χ1n) is 6.41. The maximum atomic E-state index is 10.5. The number of benzene rings is 2. The van der Waals surface area contributed by atoms with Crippen molar-refractivity contribution >= 4 is 28.0 Å². The van der Waals surface area contributed by atoms with Crippen LogP contribution in [0.2, 0.25) is 0 Å². The molecule has 0 unspecified atom stereocenters. The fourth-order valence-corrected chi connectivity index (χ4v) is 2.33. The number of ether oxygens (including phenoxy) is 1. The van der Waals surface area contributed by atoms with Crippen LogP contribution in [-0.2, 0) is 11.4 Å². The smallest absolute Gasteiger partial charge is 0.328 e. The molecule has 0 bridgehead atoms. The monoisotopic (exact) mass is 357 g/mol. The SMILES string of the molecule is N#Cc1ccccc1COc1ccc(C=CC(=O)O)cc1Br. The third kappa shape index (κ3) is 4.21. The van der Waals surface area contributed by atoms with Crippen LogP contribution in [0.4, 0.5) is 0 Å². The summed E-state index contributed by atoms with van der Waals surface area (Å²) in [5, 5.41) is 17.6. The lowest BCUT2D eigenvalue weighted by atomic mass is 10.1. The van der Waals surface area contributed by atoms with E-state index in [1.54, 1.807) is 24.3 Å². The van der Waals surface area contributed by atoms with Crippen molar-refractivity contribution in [2.45, 2.75) is 6.61 Å². The summed E-state index contributed by atoms with van der Waals surface area (Å²) >= 11 is 3.39. The van der Waals surface area contributed by atoms with Gasteiger partial charge in [0, 0.05) is 11.6 Å². The number of carbonyl (C=O) groups is 1. The molecular formula is C17H12BrNO3. The van der Waals surface area contributed by atoms with E-state index in [4.69, 9.17) is 15.1 Å². The molecule has 0 radical (unpaired) electrons. The van der Waals surface area contributed by atoms with E-state index >= 15 is 0 Å². The fourth-order valence-electron chi connectivity index (χ4n) is 1.82. The summed E-state index contributed by atoms with van der Waals surface area (Å²) in [5.41, 5.74) is 2.14. The molecule has 0 saturated carbocycles. The first kappa shape index (κ1) is 15.8. The Morgan fingerprint density at radius 2 is 2.09 bits per heavy atom. The number of halogens is 1. The van der Waals surface area contributed by atoms with Gasteiger partial charge in [-0.15, -0.1) is 0 Å². The second-order valence-corrected chi connectivity index (χ2v) is 5.27. The van der Waals surface area contributed by atoms with Gasteiger partial charge in [0.2, 0.25) is 0 Å². The van der Waals surface area contributed by atoms with Gasteiger partial charge in [-0.25, -0.2) is 4.79 Å². The third-order valence-electron chi connectivity index (χ3n) is 2.90. The third-order valence-corrected chi connectivity index (χ3v) is 3.51. The first-order chi connectivity index (χ1) is 10.6. The van der Waals surface area contributed by atoms with Gasteiger partial charge in [-0.1, -0.05) is 24.3 Å². The minimum Gasteiger partial charge on any atom is -0.488 e. The number of aliphatic carboxylic acids is 1. The van der Waals surface area contributed by atoms with E-state index < -0.39 is 5.97 Å². The lowest BCUT2D eigenvalue weighted by molar-refractivity contribution is -0.131. The molecule has 2 rings (SSSR count). The summed E-state index contributed by atoms with van der Waals surface area (Å²) in [5.74, 6) is -0.371. The highest BCUT2D eigenvalue weighted by atomic mass is 79.9. The van der Waals surface area contributed by atoms with E-state index in [-0.39, 0.29) is 6.61 Å². The van der Waals surface area contributed by atoms with Crippen molar-refractivity contribution in [2.24, 2.45) is 0 Å². The number of rotatable bonds is 5. The van der Waals surface area contributed by atoms with Crippen LogP contribution < -0.4 is 4.74 Å². The molecule has 0 aliphatic carbocycles. The Balaban J connectivity index is 2.11. The molecule has 0 saturated heterocycles. The van der Waals surface area contributed by atoms with E-state index in [1.807, 2.05) is 18.2 Å². The molecule has 5 heteroatoms. The van der Waals surface area contributed by atoms with Crippen molar-refractivity contribution in [1.29, 1.82) is 5.26 Å². The minimum absolute atomic E-state index is 0.284. The van der Waals surface area contributed by atoms with Gasteiger partial charge in [-0.05, 0) is 45.8 Å². The molecule has 0 aromatic heterocycles. The second kappa shape index (κ2) is 7.43. The van der Waals surface area contributed by atoms with Crippen molar-refractivity contribution in [3.63, 3.8) is 0 Å². The van der Waals surface area contributed by atoms with E-state index in [0.29, 0.717) is 11.3 Å². The van der Waals surface area contributed by atoms with Crippen molar-refractivity contribution in [3.05, 3.63) is 69.7 Å². The Hall–Kier alpha value is -2.58. The van der Waals surface area contributed by atoms with Crippen molar-refractivity contribution in [1.82, 2.24) is 0 Å². The van der Waals surface area contributed by atoms with E-state index in [1.165, 1.54) is 6.08 Å². The maximum absolute atomic E-state index is 10.5. The van der Waals surface area contributed by atoms with Gasteiger partial charge in [0.25, 0.3) is 0 Å². The average molecular weight is 358 g/mol. The summed E-state index contributed by atoms with van der Waals surface area (Å²) in [4.78, 5) is 10.5. The van der Waals surface area contributed by atoms with Gasteiger partial charge in [0.1, 0.15) is 12.4 Å². The van der Waals surface area contributed by atoms with Crippen LogP contribution in [0, 0.1) is 11.3 Å². The Morgan fingerprint density at radius 3 is 2.77 bits per heavy atom. The van der Waals surface area contributed by atoms with Crippen LogP contribution in [-0.4, -0.2) is 11.1 Å². The van der Waals surface area contributed by atoms with Gasteiger partial charge in [-0.3, -0.25) is 0 Å². The highest BCUT2D eigenvalue weighted by Gasteiger charge is 2.05. The lowest BCUT2D eigenvalue weighted by Crippen LogP contribution is -1.98. The molecular weight excluding hydrogens is 346 g/mol. The van der Waals surface area contributed by atoms with Crippen LogP contribution in [0.15, 0.2) is 53.0 Å². The predicted molar refractivity (Wildman–Crippen MR) is 86.3 cm³/mol. The Morgan fingerprint density at radius 1 is 1.32 bits per heavy atom. The summed E-state index contributed by atoms with van der Waals surface area (Å²) in [6.07, 6.45) is 2.58. The van der Waals surface area contributed by atoms with E-state index in [0.717, 1.165) is 21.7 Å². The molecule has 110 valence electrons. The zero-order valence-corrected chi connectivity index (χ0v) is 13.1. The standard InChI is InChI=1S/C17H12BrNO3/c18-15-9-12(6-8-17(20)21)5-7-16(15)22-11-14-4-2-1-3-13(14)10-19/h1-9H,11H2,(H,20,21). The molecule has 0 atom stereocenters. The summed E-state index contributed by atoms with van der Waals surface area (Å²) in [6, 6.07) is 14.7. The summed E-state index contributed by atoms with van der Waals surface area (Å²) < 4.78 is 6.42. The number of hydrogen-bond acceptors (Lipinski definition) is 3. The van der Waals surface area contributed by atoms with Crippen molar-refractivity contribution in [2.75, 3.05) is 0 Å². The quantitative estimate of drug-likeness (QED) is 0.821. The zero-order chi connectivity index (χ0) is 15.9. The maximum Gasteiger partial charge on any atom is 0.328 e. The van der Waals surface area contributed by atoms with E-state index in [9.17, 15) is 4.79 Å². The predicted octanol–water partition coefficient (Wildman–Crippen LogP) is 4.00. The van der Waals surface area contributed by atoms with Gasteiger partial charge >= 0.3 is 5.97 Å². The van der Waals surface area contributed by atoms with Crippen LogP contribution >= 0.6 is 15.9 Å². The normalized spacial score (nSPS) is 10.4. The first-order valence-corrected chi connectivity index (χ1v) is 7.21.